The molecule has 350 valence electrons. The number of esters is 1. The van der Waals surface area contributed by atoms with Crippen LogP contribution < -0.4 is 19.5 Å². The van der Waals surface area contributed by atoms with E-state index in [1.807, 2.05) is 134 Å². The van der Waals surface area contributed by atoms with Crippen molar-refractivity contribution in [3.63, 3.8) is 0 Å². The number of cyclic esters (lactones) is 1. The van der Waals surface area contributed by atoms with Crippen molar-refractivity contribution in [1.82, 2.24) is 14.7 Å². The van der Waals surface area contributed by atoms with Crippen molar-refractivity contribution in [2.24, 2.45) is 5.92 Å². The van der Waals surface area contributed by atoms with Crippen LogP contribution in [-0.4, -0.2) is 91.2 Å². The molecule has 0 aliphatic carbocycles. The minimum absolute atomic E-state index is 0.0424. The molecule has 10 rings (SSSR count). The fourth-order valence-corrected chi connectivity index (χ4v) is 11.1. The SMILES string of the molecule is COc1cc2c(cc1OC)CN(C(=O)C1C3C(=O)OC(c4ccccc4)C(c4ccccc4)N3C(c3cccc(OCCO)c3)C13C(=O)Nc1ccc(C#CCN(C)Cc4ccccc4)cc13)CC2. The van der Waals surface area contributed by atoms with Crippen LogP contribution in [0.1, 0.15) is 62.7 Å². The number of hydrogen-bond donors (Lipinski definition) is 2. The van der Waals surface area contributed by atoms with Gasteiger partial charge in [-0.25, -0.2) is 0 Å². The van der Waals surface area contributed by atoms with E-state index in [9.17, 15) is 5.11 Å². The third-order valence-corrected chi connectivity index (χ3v) is 14.0. The third-order valence-electron chi connectivity index (χ3n) is 14.0. The molecule has 4 aliphatic rings. The molecule has 6 aromatic carbocycles. The van der Waals surface area contributed by atoms with E-state index in [2.05, 4.69) is 39.1 Å². The van der Waals surface area contributed by atoms with Gasteiger partial charge in [0, 0.05) is 30.9 Å². The van der Waals surface area contributed by atoms with Crippen LogP contribution >= 0.6 is 0 Å². The Morgan fingerprint density at radius 1 is 0.812 bits per heavy atom. The van der Waals surface area contributed by atoms with Crippen molar-refractivity contribution in [2.45, 2.75) is 49.2 Å². The second kappa shape index (κ2) is 19.3. The molecule has 0 bridgehead atoms. The van der Waals surface area contributed by atoms with Crippen LogP contribution in [0.25, 0.3) is 0 Å². The van der Waals surface area contributed by atoms with Crippen LogP contribution in [0.2, 0.25) is 0 Å². The summed E-state index contributed by atoms with van der Waals surface area (Å²) in [6.45, 7) is 1.57. The van der Waals surface area contributed by atoms with E-state index >= 15 is 14.4 Å². The van der Waals surface area contributed by atoms with Crippen LogP contribution in [-0.2, 0) is 44.0 Å². The topological polar surface area (TPSA) is 130 Å². The number of anilines is 1. The van der Waals surface area contributed by atoms with Crippen LogP contribution in [0.3, 0.4) is 0 Å². The molecule has 2 amide bonds. The summed E-state index contributed by atoms with van der Waals surface area (Å²) in [4.78, 5) is 53.6. The highest BCUT2D eigenvalue weighted by Crippen LogP contribution is 2.65. The van der Waals surface area contributed by atoms with Crippen molar-refractivity contribution < 1.29 is 38.4 Å². The number of nitrogens with zero attached hydrogens (tertiary/aromatic N) is 3. The average Bonchev–Trinajstić information content (AvgIpc) is 3.86. The quantitative estimate of drug-likeness (QED) is 0.0946. The van der Waals surface area contributed by atoms with E-state index in [0.717, 1.165) is 28.8 Å². The van der Waals surface area contributed by atoms with Gasteiger partial charge in [-0.3, -0.25) is 24.2 Å². The number of ether oxygens (including phenoxy) is 4. The first-order chi connectivity index (χ1) is 33.7. The number of methoxy groups -OCH3 is 2. The van der Waals surface area contributed by atoms with Crippen LogP contribution in [0.4, 0.5) is 5.69 Å². The highest BCUT2D eigenvalue weighted by atomic mass is 16.6. The van der Waals surface area contributed by atoms with E-state index in [4.69, 9.17) is 18.9 Å². The van der Waals surface area contributed by atoms with E-state index in [0.29, 0.717) is 59.1 Å². The fraction of sp³-hybridized carbons (Fsp3) is 0.281. The number of hydrogen-bond acceptors (Lipinski definition) is 10. The Bertz CT molecular complexity index is 2940. The predicted octanol–water partition coefficient (Wildman–Crippen LogP) is 7.41. The highest BCUT2D eigenvalue weighted by molar-refractivity contribution is 6.12. The van der Waals surface area contributed by atoms with Crippen LogP contribution in [0, 0.1) is 17.8 Å². The summed E-state index contributed by atoms with van der Waals surface area (Å²) in [6.07, 6.45) is -0.310. The van der Waals surface area contributed by atoms with Gasteiger partial charge in [0.25, 0.3) is 0 Å². The van der Waals surface area contributed by atoms with E-state index in [1.165, 1.54) is 5.56 Å². The molecule has 6 atom stereocenters. The van der Waals surface area contributed by atoms with E-state index in [-0.39, 0.29) is 25.7 Å². The van der Waals surface area contributed by atoms with Gasteiger partial charge in [0.2, 0.25) is 11.8 Å². The molecule has 2 N–H and O–H groups in total. The molecule has 1 spiro atoms. The zero-order chi connectivity index (χ0) is 47.6. The smallest absolute Gasteiger partial charge is 0.324 e. The number of nitrogens with one attached hydrogen (secondary N) is 1. The number of fused-ring (bicyclic) bond motifs is 4. The van der Waals surface area contributed by atoms with Gasteiger partial charge in [0.05, 0.1) is 45.4 Å². The molecule has 69 heavy (non-hydrogen) atoms. The number of benzene rings is 6. The summed E-state index contributed by atoms with van der Waals surface area (Å²) in [6, 6.07) is 43.8. The van der Waals surface area contributed by atoms with Gasteiger partial charge in [-0.2, -0.15) is 0 Å². The molecule has 4 aliphatic heterocycles. The van der Waals surface area contributed by atoms with Crippen molar-refractivity contribution in [3.8, 4) is 29.1 Å². The molecule has 12 heteroatoms. The Morgan fingerprint density at radius 3 is 2.20 bits per heavy atom. The molecular weight excluding hydrogens is 869 g/mol. The fourth-order valence-electron chi connectivity index (χ4n) is 11.1. The van der Waals surface area contributed by atoms with Gasteiger partial charge < -0.3 is 34.3 Å². The normalized spacial score (nSPS) is 22.4. The lowest BCUT2D eigenvalue weighted by Gasteiger charge is -2.46. The number of morpholine rings is 1. The van der Waals surface area contributed by atoms with E-state index in [1.54, 1.807) is 25.2 Å². The molecule has 12 nitrogen and oxygen atoms in total. The molecule has 6 aromatic rings. The average molecular weight is 923 g/mol. The molecule has 2 fully saturated rings. The molecule has 6 unspecified atom stereocenters. The van der Waals surface area contributed by atoms with Crippen molar-refractivity contribution in [1.29, 1.82) is 0 Å². The number of carbonyl (C=O) groups excluding carboxylic acids is 3. The molecule has 0 radical (unpaired) electrons. The molecule has 0 saturated carbocycles. The summed E-state index contributed by atoms with van der Waals surface area (Å²) in [7, 11) is 5.20. The monoisotopic (exact) mass is 922 g/mol. The van der Waals surface area contributed by atoms with Crippen molar-refractivity contribution in [2.75, 3.05) is 52.9 Å². The Labute approximate surface area is 402 Å². The van der Waals surface area contributed by atoms with Gasteiger partial charge in [-0.05, 0) is 94.9 Å². The van der Waals surface area contributed by atoms with Crippen LogP contribution in [0.15, 0.2) is 146 Å². The zero-order valence-corrected chi connectivity index (χ0v) is 38.8. The summed E-state index contributed by atoms with van der Waals surface area (Å²) < 4.78 is 24.1. The summed E-state index contributed by atoms with van der Waals surface area (Å²) in [5.74, 6) is 5.66. The second-order valence-electron chi connectivity index (χ2n) is 18.1. The van der Waals surface area contributed by atoms with Crippen molar-refractivity contribution in [3.05, 3.63) is 190 Å². The number of rotatable bonds is 12. The first kappa shape index (κ1) is 45.4. The highest BCUT2D eigenvalue weighted by Gasteiger charge is 2.74. The van der Waals surface area contributed by atoms with Crippen LogP contribution in [0.5, 0.6) is 17.2 Å². The molecule has 4 heterocycles. The number of carbonyl (C=O) groups is 3. The van der Waals surface area contributed by atoms with E-state index < -0.39 is 47.4 Å². The van der Waals surface area contributed by atoms with Crippen molar-refractivity contribution >= 4 is 23.5 Å². The standard InChI is InChI=1S/C57H54N4O8/c1-59(35-38-15-7-4-8-16-38)27-14-17-37-24-25-46-45(31-37)57(56(65)58-46)49(54(63)60-28-26-41-33-47(66-2)48(67-3)34-43(41)36-60)51-55(64)69-52(40-20-11-6-12-21-40)50(39-18-9-5-10-19-39)61(51)53(57)42-22-13-23-44(32-42)68-30-29-62/h4-13,15-16,18-25,31-34,49-53,62H,26-30,35-36H2,1-3H3,(H,58,65). The lowest BCUT2D eigenvalue weighted by atomic mass is 9.64. The summed E-state index contributed by atoms with van der Waals surface area (Å²) in [5.41, 5.74) is 5.37. The van der Waals surface area contributed by atoms with Gasteiger partial charge in [0.15, 0.2) is 11.5 Å². The minimum Gasteiger partial charge on any atom is -0.493 e. The van der Waals surface area contributed by atoms with Gasteiger partial charge in [-0.15, -0.1) is 0 Å². The lowest BCUT2D eigenvalue weighted by molar-refractivity contribution is -0.179. The number of aliphatic hydroxyl groups is 1. The predicted molar refractivity (Wildman–Crippen MR) is 260 cm³/mol. The number of amides is 2. The number of aliphatic hydroxyl groups excluding tert-OH is 1. The van der Waals surface area contributed by atoms with Gasteiger partial charge in [-0.1, -0.05) is 115 Å². The Morgan fingerprint density at radius 2 is 1.49 bits per heavy atom. The molecular formula is C57H54N4O8. The largest absolute Gasteiger partial charge is 0.493 e. The second-order valence-corrected chi connectivity index (χ2v) is 18.1. The first-order valence-electron chi connectivity index (χ1n) is 23.3. The van der Waals surface area contributed by atoms with Gasteiger partial charge >= 0.3 is 5.97 Å². The maximum atomic E-state index is 16.2. The Balaban J connectivity index is 1.18. The summed E-state index contributed by atoms with van der Waals surface area (Å²) >= 11 is 0. The maximum absolute atomic E-state index is 16.2. The first-order valence-corrected chi connectivity index (χ1v) is 23.3. The maximum Gasteiger partial charge on any atom is 0.324 e. The molecule has 2 saturated heterocycles. The Hall–Kier alpha value is -7.43. The zero-order valence-electron chi connectivity index (χ0n) is 38.8. The van der Waals surface area contributed by atoms with Gasteiger partial charge in [0.1, 0.15) is 29.9 Å². The third kappa shape index (κ3) is 8.26. The Kier molecular flexibility index (Phi) is 12.7. The minimum atomic E-state index is -1.72. The lowest BCUT2D eigenvalue weighted by Crippen LogP contribution is -2.56. The summed E-state index contributed by atoms with van der Waals surface area (Å²) in [5, 5.41) is 13.0. The molecule has 0 aromatic heterocycles.